The van der Waals surface area contributed by atoms with E-state index in [9.17, 15) is 19.2 Å². The minimum absolute atomic E-state index is 0.0108. The van der Waals surface area contributed by atoms with Gasteiger partial charge in [-0.15, -0.1) is 0 Å². The number of fused-ring (bicyclic) bond motifs is 5. The van der Waals surface area contributed by atoms with Gasteiger partial charge in [-0.3, -0.25) is 24.1 Å². The van der Waals surface area contributed by atoms with Crippen molar-refractivity contribution in [2.24, 2.45) is 23.7 Å². The first-order valence-electron chi connectivity index (χ1n) is 9.56. The van der Waals surface area contributed by atoms with Gasteiger partial charge >= 0.3 is 5.97 Å². The molecule has 1 saturated heterocycles. The number of likely N-dealkylation sites (tertiary alicyclic amines) is 1. The molecule has 0 spiro atoms. The second-order valence-electron chi connectivity index (χ2n) is 7.67. The van der Waals surface area contributed by atoms with Gasteiger partial charge in [-0.05, 0) is 23.8 Å². The van der Waals surface area contributed by atoms with Gasteiger partial charge in [-0.1, -0.05) is 42.5 Å². The molecule has 4 rings (SSSR count). The molecule has 1 aromatic rings. The van der Waals surface area contributed by atoms with Crippen molar-refractivity contribution in [2.45, 2.75) is 25.3 Å². The standard InChI is InChI=1S/C21H22N2O5/c24-16(22-9-8-17(25)26)11-15(12-4-2-1-3-5-12)23-20(27)18-13-6-7-14(10-13)19(18)21(23)28/h1-7,13-15,18-19H,8-11H2,(H,22,24)(H,25,26). The third-order valence-electron chi connectivity index (χ3n) is 6.04. The topological polar surface area (TPSA) is 104 Å². The first-order valence-corrected chi connectivity index (χ1v) is 9.56. The average molecular weight is 382 g/mol. The zero-order valence-corrected chi connectivity index (χ0v) is 15.3. The highest BCUT2D eigenvalue weighted by Gasteiger charge is 2.60. The Balaban J connectivity index is 1.56. The van der Waals surface area contributed by atoms with Crippen molar-refractivity contribution in [1.29, 1.82) is 0 Å². The fourth-order valence-electron chi connectivity index (χ4n) is 4.82. The lowest BCUT2D eigenvalue weighted by Gasteiger charge is -2.28. The molecule has 5 atom stereocenters. The van der Waals surface area contributed by atoms with E-state index < -0.39 is 12.0 Å². The largest absolute Gasteiger partial charge is 0.481 e. The molecule has 28 heavy (non-hydrogen) atoms. The van der Waals surface area contributed by atoms with Crippen molar-refractivity contribution in [3.63, 3.8) is 0 Å². The van der Waals surface area contributed by atoms with Crippen LogP contribution in [0.25, 0.3) is 0 Å². The Bertz CT molecular complexity index is 820. The summed E-state index contributed by atoms with van der Waals surface area (Å²) in [5.41, 5.74) is 0.720. The molecule has 2 fully saturated rings. The number of hydrogen-bond donors (Lipinski definition) is 2. The minimum atomic E-state index is -0.999. The number of aliphatic carboxylic acids is 1. The summed E-state index contributed by atoms with van der Waals surface area (Å²) >= 11 is 0. The van der Waals surface area contributed by atoms with E-state index in [0.717, 1.165) is 12.0 Å². The molecule has 2 N–H and O–H groups in total. The molecule has 1 saturated carbocycles. The third-order valence-corrected chi connectivity index (χ3v) is 6.04. The van der Waals surface area contributed by atoms with Crippen LogP contribution >= 0.6 is 0 Å². The molecular formula is C21H22N2O5. The third kappa shape index (κ3) is 3.10. The van der Waals surface area contributed by atoms with E-state index in [2.05, 4.69) is 5.32 Å². The molecule has 1 aromatic carbocycles. The van der Waals surface area contributed by atoms with E-state index in [1.165, 1.54) is 4.90 Å². The molecule has 0 radical (unpaired) electrons. The normalized spacial score (nSPS) is 28.5. The summed E-state index contributed by atoms with van der Waals surface area (Å²) in [7, 11) is 0. The van der Waals surface area contributed by atoms with Crippen molar-refractivity contribution in [2.75, 3.05) is 6.54 Å². The lowest BCUT2D eigenvalue weighted by molar-refractivity contribution is -0.144. The summed E-state index contributed by atoms with van der Waals surface area (Å²) in [4.78, 5) is 50.6. The number of amides is 3. The summed E-state index contributed by atoms with van der Waals surface area (Å²) in [6.45, 7) is 0.0108. The Hall–Kier alpha value is -2.96. The van der Waals surface area contributed by atoms with E-state index in [1.54, 1.807) is 12.1 Å². The highest BCUT2D eigenvalue weighted by molar-refractivity contribution is 6.07. The van der Waals surface area contributed by atoms with Gasteiger partial charge in [0.1, 0.15) is 0 Å². The quantitative estimate of drug-likeness (QED) is 0.550. The molecule has 7 heteroatoms. The van der Waals surface area contributed by atoms with Crippen LogP contribution in [-0.2, 0) is 19.2 Å². The zero-order chi connectivity index (χ0) is 19.8. The van der Waals surface area contributed by atoms with Crippen LogP contribution in [0.15, 0.2) is 42.5 Å². The number of carbonyl (C=O) groups excluding carboxylic acids is 3. The van der Waals surface area contributed by atoms with Crippen LogP contribution in [0, 0.1) is 23.7 Å². The number of benzene rings is 1. The second-order valence-corrected chi connectivity index (χ2v) is 7.67. The fourth-order valence-corrected chi connectivity index (χ4v) is 4.82. The van der Waals surface area contributed by atoms with Crippen molar-refractivity contribution in [3.05, 3.63) is 48.0 Å². The molecule has 0 aromatic heterocycles. The maximum Gasteiger partial charge on any atom is 0.305 e. The van der Waals surface area contributed by atoms with Crippen molar-refractivity contribution in [3.8, 4) is 0 Å². The molecule has 2 aliphatic carbocycles. The van der Waals surface area contributed by atoms with E-state index in [-0.39, 0.29) is 60.8 Å². The summed E-state index contributed by atoms with van der Waals surface area (Å²) in [5, 5.41) is 11.3. The van der Waals surface area contributed by atoms with Crippen LogP contribution in [0.4, 0.5) is 0 Å². The number of carboxylic acid groups (broad SMARTS) is 1. The van der Waals surface area contributed by atoms with E-state index >= 15 is 0 Å². The van der Waals surface area contributed by atoms with Gasteiger partial charge in [0.05, 0.1) is 30.7 Å². The van der Waals surface area contributed by atoms with E-state index in [0.29, 0.717) is 0 Å². The fraction of sp³-hybridized carbons (Fsp3) is 0.429. The summed E-state index contributed by atoms with van der Waals surface area (Å²) in [6, 6.07) is 8.37. The SMILES string of the molecule is O=C(O)CCNC(=O)CC(c1ccccc1)N1C(=O)C2C3C=CC(C3)C2C1=O. The minimum Gasteiger partial charge on any atom is -0.481 e. The number of rotatable bonds is 7. The zero-order valence-electron chi connectivity index (χ0n) is 15.3. The summed E-state index contributed by atoms with van der Waals surface area (Å²) in [5.74, 6) is -2.19. The monoisotopic (exact) mass is 382 g/mol. The van der Waals surface area contributed by atoms with Gasteiger partial charge in [0.15, 0.2) is 0 Å². The number of imide groups is 1. The maximum atomic E-state index is 13.1. The molecule has 7 nitrogen and oxygen atoms in total. The molecular weight excluding hydrogens is 360 g/mol. The Morgan fingerprint density at radius 2 is 1.68 bits per heavy atom. The Morgan fingerprint density at radius 3 is 2.25 bits per heavy atom. The smallest absolute Gasteiger partial charge is 0.305 e. The lowest BCUT2D eigenvalue weighted by Crippen LogP contribution is -2.39. The van der Waals surface area contributed by atoms with Crippen LogP contribution in [0.1, 0.15) is 30.9 Å². The predicted molar refractivity (Wildman–Crippen MR) is 98.6 cm³/mol. The van der Waals surface area contributed by atoms with Gasteiger partial charge in [-0.2, -0.15) is 0 Å². The molecule has 2 bridgehead atoms. The van der Waals surface area contributed by atoms with Crippen molar-refractivity contribution in [1.82, 2.24) is 10.2 Å². The van der Waals surface area contributed by atoms with Gasteiger partial charge < -0.3 is 10.4 Å². The first kappa shape index (κ1) is 18.4. The number of carbonyl (C=O) groups is 4. The molecule has 5 unspecified atom stereocenters. The second kappa shape index (κ2) is 7.22. The molecule has 146 valence electrons. The Morgan fingerprint density at radius 1 is 1.07 bits per heavy atom. The predicted octanol–water partition coefficient (Wildman–Crippen LogP) is 1.52. The highest BCUT2D eigenvalue weighted by Crippen LogP contribution is 2.54. The van der Waals surface area contributed by atoms with Crippen LogP contribution in [0.5, 0.6) is 0 Å². The van der Waals surface area contributed by atoms with E-state index in [1.807, 2.05) is 30.4 Å². The van der Waals surface area contributed by atoms with Gasteiger partial charge in [-0.25, -0.2) is 0 Å². The number of hydrogen-bond acceptors (Lipinski definition) is 4. The van der Waals surface area contributed by atoms with Gasteiger partial charge in [0, 0.05) is 6.54 Å². The lowest BCUT2D eigenvalue weighted by atomic mass is 9.85. The average Bonchev–Trinajstić information content (AvgIpc) is 3.35. The number of nitrogens with one attached hydrogen (secondary N) is 1. The Kier molecular flexibility index (Phi) is 4.75. The van der Waals surface area contributed by atoms with Crippen molar-refractivity contribution < 1.29 is 24.3 Å². The van der Waals surface area contributed by atoms with Crippen LogP contribution in [0.2, 0.25) is 0 Å². The first-order chi connectivity index (χ1) is 13.5. The number of allylic oxidation sites excluding steroid dienone is 2. The molecule has 3 aliphatic rings. The highest BCUT2D eigenvalue weighted by atomic mass is 16.4. The summed E-state index contributed by atoms with van der Waals surface area (Å²) in [6.07, 6.45) is 4.67. The molecule has 1 aliphatic heterocycles. The van der Waals surface area contributed by atoms with Crippen LogP contribution < -0.4 is 5.32 Å². The Labute approximate surface area is 162 Å². The number of carboxylic acids is 1. The van der Waals surface area contributed by atoms with Crippen molar-refractivity contribution >= 4 is 23.7 Å². The summed E-state index contributed by atoms with van der Waals surface area (Å²) < 4.78 is 0. The maximum absolute atomic E-state index is 13.1. The van der Waals surface area contributed by atoms with Crippen LogP contribution in [-0.4, -0.2) is 40.2 Å². The molecule has 1 heterocycles. The van der Waals surface area contributed by atoms with E-state index in [4.69, 9.17) is 5.11 Å². The van der Waals surface area contributed by atoms with Gasteiger partial charge in [0.25, 0.3) is 0 Å². The van der Waals surface area contributed by atoms with Crippen LogP contribution in [0.3, 0.4) is 0 Å². The molecule has 3 amide bonds. The number of nitrogens with zero attached hydrogens (tertiary/aromatic N) is 1. The van der Waals surface area contributed by atoms with Gasteiger partial charge in [0.2, 0.25) is 17.7 Å².